The van der Waals surface area contributed by atoms with E-state index >= 15 is 0 Å². The Balaban J connectivity index is 2.19. The van der Waals surface area contributed by atoms with Crippen molar-refractivity contribution in [3.63, 3.8) is 0 Å². The third kappa shape index (κ3) is 2.99. The Kier molecular flexibility index (Phi) is 4.64. The molecule has 0 radical (unpaired) electrons. The van der Waals surface area contributed by atoms with Crippen molar-refractivity contribution in [2.75, 3.05) is 14.2 Å². The molecule has 0 fully saturated rings. The van der Waals surface area contributed by atoms with Gasteiger partial charge in [0, 0.05) is 16.7 Å². The molecule has 0 atom stereocenters. The van der Waals surface area contributed by atoms with Crippen LogP contribution < -0.4 is 14.2 Å². The molecule has 2 aromatic carbocycles. The zero-order valence-electron chi connectivity index (χ0n) is 14.7. The third-order valence-electron chi connectivity index (χ3n) is 4.08. The summed E-state index contributed by atoms with van der Waals surface area (Å²) in [5.41, 5.74) is 3.08. The number of methoxy groups -OCH3 is 2. The highest BCUT2D eigenvalue weighted by Crippen LogP contribution is 2.40. The van der Waals surface area contributed by atoms with Crippen LogP contribution in [0.25, 0.3) is 11.3 Å². The minimum Gasteiger partial charge on any atom is -0.493 e. The van der Waals surface area contributed by atoms with Gasteiger partial charge in [0.15, 0.2) is 11.5 Å². The quantitative estimate of drug-likeness (QED) is 0.778. The molecule has 2 aromatic rings. The zero-order valence-corrected chi connectivity index (χ0v) is 14.7. The molecule has 26 heavy (non-hydrogen) atoms. The lowest BCUT2D eigenvalue weighted by atomic mass is 9.94. The molecule has 0 amide bonds. The Morgan fingerprint density at radius 1 is 0.962 bits per heavy atom. The summed E-state index contributed by atoms with van der Waals surface area (Å²) >= 11 is 0. The number of nitrogens with zero attached hydrogens (tertiary/aromatic N) is 2. The van der Waals surface area contributed by atoms with Crippen molar-refractivity contribution in [3.8, 4) is 29.4 Å². The van der Waals surface area contributed by atoms with Gasteiger partial charge in [-0.15, -0.1) is 0 Å². The summed E-state index contributed by atoms with van der Waals surface area (Å²) in [6, 6.07) is 15.0. The minimum atomic E-state index is 0.0399. The summed E-state index contributed by atoms with van der Waals surface area (Å²) in [5, 5.41) is 18.7. The highest BCUT2D eigenvalue weighted by molar-refractivity contribution is 5.92. The second kappa shape index (κ2) is 7.04. The van der Waals surface area contributed by atoms with E-state index in [0.29, 0.717) is 28.6 Å². The number of allylic oxidation sites excluding steroid dienone is 3. The molecule has 1 aliphatic rings. The first-order valence-corrected chi connectivity index (χ1v) is 7.88. The van der Waals surface area contributed by atoms with E-state index in [1.807, 2.05) is 43.3 Å². The standard InChI is InChI=1S/C21H16N2O3/c1-13-4-6-18-17(8-13)16(15(11-22)12-23)10-20(26-18)14-5-7-19(24-2)21(9-14)25-3/h4-10H,1-3H3. The van der Waals surface area contributed by atoms with Gasteiger partial charge >= 0.3 is 0 Å². The fourth-order valence-corrected chi connectivity index (χ4v) is 2.78. The summed E-state index contributed by atoms with van der Waals surface area (Å²) in [6.07, 6.45) is 1.71. The second-order valence-electron chi connectivity index (χ2n) is 5.69. The Hall–Kier alpha value is -3.70. The summed E-state index contributed by atoms with van der Waals surface area (Å²) in [4.78, 5) is 0. The van der Waals surface area contributed by atoms with E-state index in [4.69, 9.17) is 14.2 Å². The summed E-state index contributed by atoms with van der Waals surface area (Å²) < 4.78 is 16.6. The van der Waals surface area contributed by atoms with Gasteiger partial charge in [0.05, 0.1) is 14.2 Å². The molecule has 0 N–H and O–H groups in total. The predicted octanol–water partition coefficient (Wildman–Crippen LogP) is 4.25. The first kappa shape index (κ1) is 17.1. The number of fused-ring (bicyclic) bond motifs is 1. The molecule has 0 unspecified atom stereocenters. The molecule has 5 heteroatoms. The van der Waals surface area contributed by atoms with Gasteiger partial charge in [0.1, 0.15) is 29.2 Å². The Bertz CT molecular complexity index is 1000. The van der Waals surface area contributed by atoms with E-state index in [1.54, 1.807) is 32.4 Å². The predicted molar refractivity (Wildman–Crippen MR) is 97.5 cm³/mol. The number of nitriles is 2. The Morgan fingerprint density at radius 2 is 1.69 bits per heavy atom. The lowest BCUT2D eigenvalue weighted by molar-refractivity contribution is 0.354. The summed E-state index contributed by atoms with van der Waals surface area (Å²) in [5.74, 6) is 2.30. The van der Waals surface area contributed by atoms with E-state index < -0.39 is 0 Å². The van der Waals surface area contributed by atoms with Crippen LogP contribution in [0, 0.1) is 29.6 Å². The van der Waals surface area contributed by atoms with Gasteiger partial charge in [-0.25, -0.2) is 0 Å². The first-order chi connectivity index (χ1) is 12.6. The van der Waals surface area contributed by atoms with E-state index in [2.05, 4.69) is 0 Å². The van der Waals surface area contributed by atoms with Crippen LogP contribution in [0.1, 0.15) is 16.7 Å². The number of hydrogen-bond acceptors (Lipinski definition) is 5. The van der Waals surface area contributed by atoms with Crippen molar-refractivity contribution in [3.05, 3.63) is 64.7 Å². The van der Waals surface area contributed by atoms with Crippen molar-refractivity contribution < 1.29 is 14.2 Å². The number of rotatable bonds is 3. The Labute approximate surface area is 152 Å². The van der Waals surface area contributed by atoms with Crippen LogP contribution >= 0.6 is 0 Å². The van der Waals surface area contributed by atoms with E-state index in [-0.39, 0.29) is 5.57 Å². The number of aryl methyl sites for hydroxylation is 1. The van der Waals surface area contributed by atoms with Crippen molar-refractivity contribution in [2.45, 2.75) is 6.92 Å². The first-order valence-electron chi connectivity index (χ1n) is 7.88. The molecule has 128 valence electrons. The normalized spacial score (nSPS) is 12.0. The second-order valence-corrected chi connectivity index (χ2v) is 5.69. The van der Waals surface area contributed by atoms with Crippen molar-refractivity contribution in [1.82, 2.24) is 0 Å². The van der Waals surface area contributed by atoms with Gasteiger partial charge in [-0.2, -0.15) is 10.5 Å². The van der Waals surface area contributed by atoms with E-state index in [0.717, 1.165) is 16.7 Å². The van der Waals surface area contributed by atoms with Gasteiger partial charge in [0.25, 0.3) is 0 Å². The van der Waals surface area contributed by atoms with Crippen molar-refractivity contribution in [2.24, 2.45) is 0 Å². The highest BCUT2D eigenvalue weighted by Gasteiger charge is 2.22. The lowest BCUT2D eigenvalue weighted by Crippen LogP contribution is -2.05. The van der Waals surface area contributed by atoms with Crippen LogP contribution in [0.15, 0.2) is 48.0 Å². The third-order valence-corrected chi connectivity index (χ3v) is 4.08. The molecule has 0 spiro atoms. The fourth-order valence-electron chi connectivity index (χ4n) is 2.78. The molecule has 0 aliphatic carbocycles. The minimum absolute atomic E-state index is 0.0399. The van der Waals surface area contributed by atoms with Crippen LogP contribution in [0.3, 0.4) is 0 Å². The van der Waals surface area contributed by atoms with Crippen molar-refractivity contribution in [1.29, 1.82) is 10.5 Å². The number of hydrogen-bond donors (Lipinski definition) is 0. The topological polar surface area (TPSA) is 75.3 Å². The monoisotopic (exact) mass is 344 g/mol. The Morgan fingerprint density at radius 3 is 2.35 bits per heavy atom. The molecule has 3 rings (SSSR count). The van der Waals surface area contributed by atoms with Crippen molar-refractivity contribution >= 4 is 11.3 Å². The van der Waals surface area contributed by atoms with Crippen LogP contribution in [0.4, 0.5) is 0 Å². The molecule has 1 heterocycles. The molecule has 0 bridgehead atoms. The van der Waals surface area contributed by atoms with E-state index in [9.17, 15) is 10.5 Å². The molecule has 0 aromatic heterocycles. The maximum absolute atomic E-state index is 9.34. The average molecular weight is 344 g/mol. The smallest absolute Gasteiger partial charge is 0.161 e. The molecule has 0 saturated heterocycles. The average Bonchev–Trinajstić information content (AvgIpc) is 2.68. The van der Waals surface area contributed by atoms with Crippen LogP contribution in [-0.2, 0) is 0 Å². The van der Waals surface area contributed by atoms with Crippen LogP contribution in [-0.4, -0.2) is 14.2 Å². The fraction of sp³-hybridized carbons (Fsp3) is 0.143. The highest BCUT2D eigenvalue weighted by atomic mass is 16.5. The largest absolute Gasteiger partial charge is 0.493 e. The maximum atomic E-state index is 9.34. The van der Waals surface area contributed by atoms with Gasteiger partial charge in [-0.1, -0.05) is 11.6 Å². The van der Waals surface area contributed by atoms with E-state index in [1.165, 1.54) is 0 Å². The summed E-state index contributed by atoms with van der Waals surface area (Å²) in [7, 11) is 3.13. The summed E-state index contributed by atoms with van der Waals surface area (Å²) in [6.45, 7) is 1.95. The molecule has 1 aliphatic heterocycles. The lowest BCUT2D eigenvalue weighted by Gasteiger charge is -2.21. The molecular weight excluding hydrogens is 328 g/mol. The number of ether oxygens (including phenoxy) is 3. The number of benzene rings is 2. The van der Waals surface area contributed by atoms with Gasteiger partial charge in [-0.3, -0.25) is 0 Å². The molecule has 5 nitrogen and oxygen atoms in total. The maximum Gasteiger partial charge on any atom is 0.161 e. The zero-order chi connectivity index (χ0) is 18.7. The van der Waals surface area contributed by atoms with Gasteiger partial charge in [0.2, 0.25) is 0 Å². The molecular formula is C21H16N2O3. The van der Waals surface area contributed by atoms with Crippen LogP contribution in [0.2, 0.25) is 0 Å². The SMILES string of the molecule is COc1ccc(C2=CC(=C(C#N)C#N)c3cc(C)ccc3O2)cc1OC. The van der Waals surface area contributed by atoms with Crippen LogP contribution in [0.5, 0.6) is 17.2 Å². The van der Waals surface area contributed by atoms with Gasteiger partial charge < -0.3 is 14.2 Å². The molecule has 0 saturated carbocycles. The van der Waals surface area contributed by atoms with Gasteiger partial charge in [-0.05, 0) is 43.3 Å².